The van der Waals surface area contributed by atoms with Crippen LogP contribution in [0.2, 0.25) is 5.02 Å². The van der Waals surface area contributed by atoms with Gasteiger partial charge in [0.2, 0.25) is 5.91 Å². The van der Waals surface area contributed by atoms with Gasteiger partial charge in [-0.2, -0.15) is 4.99 Å². The van der Waals surface area contributed by atoms with Crippen molar-refractivity contribution >= 4 is 50.0 Å². The van der Waals surface area contributed by atoms with Crippen LogP contribution < -0.4 is 4.90 Å². The first-order chi connectivity index (χ1) is 11.7. The molecule has 0 spiro atoms. The summed E-state index contributed by atoms with van der Waals surface area (Å²) in [4.78, 5) is 18.0. The topological polar surface area (TPSA) is 66.8 Å². The average Bonchev–Trinajstić information content (AvgIpc) is 2.92. The second-order valence-corrected chi connectivity index (χ2v) is 10.4. The molecule has 25 heavy (non-hydrogen) atoms. The first-order valence-corrected chi connectivity index (χ1v) is 11.0. The predicted molar refractivity (Wildman–Crippen MR) is 99.6 cm³/mol. The SMILES string of the molecule is CC(C)CC(=O)N=C1S[C@H]2CS(=O)(=O)C[C@H]2N1c1ccc(F)c(Cl)c1. The molecular formula is C16H18ClFN2O3S2. The molecule has 2 saturated heterocycles. The van der Waals surface area contributed by atoms with Crippen LogP contribution in [0.15, 0.2) is 23.2 Å². The Hall–Kier alpha value is -1.12. The van der Waals surface area contributed by atoms with Crippen molar-refractivity contribution < 1.29 is 17.6 Å². The maximum atomic E-state index is 13.5. The lowest BCUT2D eigenvalue weighted by Crippen LogP contribution is -2.37. The molecule has 0 saturated carbocycles. The number of carbonyl (C=O) groups is 1. The number of fused-ring (bicyclic) bond motifs is 1. The molecule has 2 aliphatic rings. The average molecular weight is 405 g/mol. The number of amidine groups is 1. The third-order valence-corrected chi connectivity index (χ3v) is 7.55. The lowest BCUT2D eigenvalue weighted by Gasteiger charge is -2.24. The van der Waals surface area contributed by atoms with Crippen molar-refractivity contribution in [3.8, 4) is 0 Å². The Balaban J connectivity index is 1.99. The molecular weight excluding hydrogens is 387 g/mol. The molecule has 2 atom stereocenters. The lowest BCUT2D eigenvalue weighted by molar-refractivity contribution is -0.118. The van der Waals surface area contributed by atoms with E-state index in [2.05, 4.69) is 4.99 Å². The van der Waals surface area contributed by atoms with Crippen LogP contribution in [0.4, 0.5) is 10.1 Å². The number of aliphatic imine (C=N–C) groups is 1. The van der Waals surface area contributed by atoms with Gasteiger partial charge < -0.3 is 4.90 Å². The molecule has 3 rings (SSSR count). The van der Waals surface area contributed by atoms with E-state index in [0.717, 1.165) is 0 Å². The van der Waals surface area contributed by atoms with Gasteiger partial charge in [0.05, 0.1) is 22.6 Å². The van der Waals surface area contributed by atoms with Crippen molar-refractivity contribution in [3.63, 3.8) is 0 Å². The van der Waals surface area contributed by atoms with Gasteiger partial charge in [-0.3, -0.25) is 4.79 Å². The van der Waals surface area contributed by atoms with Crippen LogP contribution in [0.1, 0.15) is 20.3 Å². The summed E-state index contributed by atoms with van der Waals surface area (Å²) in [5, 5.41) is 0.206. The highest BCUT2D eigenvalue weighted by atomic mass is 35.5. The monoisotopic (exact) mass is 404 g/mol. The molecule has 0 aromatic heterocycles. The molecule has 1 aromatic carbocycles. The Bertz CT molecular complexity index is 842. The second kappa shape index (κ2) is 6.89. The van der Waals surface area contributed by atoms with Gasteiger partial charge in [-0.25, -0.2) is 12.8 Å². The quantitative estimate of drug-likeness (QED) is 0.774. The van der Waals surface area contributed by atoms with Crippen molar-refractivity contribution in [3.05, 3.63) is 29.0 Å². The number of benzene rings is 1. The molecule has 2 heterocycles. The normalized spacial score (nSPS) is 26.4. The Kier molecular flexibility index (Phi) is 5.14. The van der Waals surface area contributed by atoms with Gasteiger partial charge in [-0.15, -0.1) is 0 Å². The standard InChI is InChI=1S/C16H18ClFN2O3S2/c1-9(2)5-15(21)19-16-20(10-3-4-12(18)11(17)6-10)13-7-25(22,23)8-14(13)24-16/h3-4,6,9,13-14H,5,7-8H2,1-2H3/t13-,14+/m1/s1. The summed E-state index contributed by atoms with van der Waals surface area (Å²) in [6.07, 6.45) is 0.315. The molecule has 1 aromatic rings. The van der Waals surface area contributed by atoms with E-state index in [4.69, 9.17) is 11.6 Å². The summed E-state index contributed by atoms with van der Waals surface area (Å²) in [5.74, 6) is -0.597. The van der Waals surface area contributed by atoms with Gasteiger partial charge in [-0.05, 0) is 24.1 Å². The molecule has 2 aliphatic heterocycles. The van der Waals surface area contributed by atoms with Crippen molar-refractivity contribution in [2.24, 2.45) is 10.9 Å². The van der Waals surface area contributed by atoms with Crippen molar-refractivity contribution in [1.29, 1.82) is 0 Å². The van der Waals surface area contributed by atoms with Gasteiger partial charge in [-0.1, -0.05) is 37.2 Å². The molecule has 0 N–H and O–H groups in total. The van der Waals surface area contributed by atoms with Crippen LogP contribution in [-0.2, 0) is 14.6 Å². The number of hydrogen-bond donors (Lipinski definition) is 0. The summed E-state index contributed by atoms with van der Waals surface area (Å²) < 4.78 is 37.5. The third kappa shape index (κ3) is 4.01. The molecule has 136 valence electrons. The zero-order valence-electron chi connectivity index (χ0n) is 13.8. The molecule has 0 bridgehead atoms. The molecule has 1 amide bonds. The Morgan fingerprint density at radius 1 is 1.44 bits per heavy atom. The fraction of sp³-hybridized carbons (Fsp3) is 0.500. The second-order valence-electron chi connectivity index (χ2n) is 6.66. The summed E-state index contributed by atoms with van der Waals surface area (Å²) in [6, 6.07) is 3.86. The van der Waals surface area contributed by atoms with Crippen molar-refractivity contribution in [2.75, 3.05) is 16.4 Å². The smallest absolute Gasteiger partial charge is 0.248 e. The number of nitrogens with zero attached hydrogens (tertiary/aromatic N) is 2. The number of carbonyl (C=O) groups excluding carboxylic acids is 1. The number of amides is 1. The van der Waals surface area contributed by atoms with Gasteiger partial charge in [0, 0.05) is 17.4 Å². The molecule has 0 radical (unpaired) electrons. The fourth-order valence-electron chi connectivity index (χ4n) is 3.00. The van der Waals surface area contributed by atoms with Crippen LogP contribution in [0.3, 0.4) is 0 Å². The zero-order valence-corrected chi connectivity index (χ0v) is 16.2. The van der Waals surface area contributed by atoms with Gasteiger partial charge in [0.1, 0.15) is 5.82 Å². The number of hydrogen-bond acceptors (Lipinski definition) is 4. The Labute approximate surface area is 155 Å². The lowest BCUT2D eigenvalue weighted by atomic mass is 10.1. The van der Waals surface area contributed by atoms with Gasteiger partial charge >= 0.3 is 0 Å². The summed E-state index contributed by atoms with van der Waals surface area (Å²) in [6.45, 7) is 3.86. The van der Waals surface area contributed by atoms with Crippen molar-refractivity contribution in [1.82, 2.24) is 0 Å². The largest absolute Gasteiger partial charge is 0.316 e. The van der Waals surface area contributed by atoms with Crippen LogP contribution in [0.25, 0.3) is 0 Å². The zero-order chi connectivity index (χ0) is 18.4. The Morgan fingerprint density at radius 2 is 2.16 bits per heavy atom. The van der Waals surface area contributed by atoms with E-state index in [9.17, 15) is 17.6 Å². The molecule has 0 aliphatic carbocycles. The van der Waals surface area contributed by atoms with E-state index in [0.29, 0.717) is 17.3 Å². The molecule has 5 nitrogen and oxygen atoms in total. The Morgan fingerprint density at radius 3 is 2.80 bits per heavy atom. The van der Waals surface area contributed by atoms with E-state index in [-0.39, 0.29) is 39.6 Å². The number of sulfone groups is 1. The first kappa shape index (κ1) is 18.7. The summed E-state index contributed by atoms with van der Waals surface area (Å²) in [7, 11) is -3.15. The summed E-state index contributed by atoms with van der Waals surface area (Å²) >= 11 is 7.17. The van der Waals surface area contributed by atoms with E-state index in [1.165, 1.54) is 30.0 Å². The maximum absolute atomic E-state index is 13.5. The van der Waals surface area contributed by atoms with Gasteiger partial charge in [0.15, 0.2) is 15.0 Å². The van der Waals surface area contributed by atoms with E-state index >= 15 is 0 Å². The predicted octanol–water partition coefficient (Wildman–Crippen LogP) is 3.13. The van der Waals surface area contributed by atoms with Crippen LogP contribution in [-0.4, -0.2) is 42.3 Å². The van der Waals surface area contributed by atoms with Crippen LogP contribution >= 0.6 is 23.4 Å². The maximum Gasteiger partial charge on any atom is 0.248 e. The van der Waals surface area contributed by atoms with E-state index in [1.807, 2.05) is 13.8 Å². The van der Waals surface area contributed by atoms with Crippen LogP contribution in [0.5, 0.6) is 0 Å². The number of halogens is 2. The summed E-state index contributed by atoms with van der Waals surface area (Å²) in [5.41, 5.74) is 0.541. The van der Waals surface area contributed by atoms with Crippen molar-refractivity contribution in [2.45, 2.75) is 31.6 Å². The number of thioether (sulfide) groups is 1. The van der Waals surface area contributed by atoms with E-state index in [1.54, 1.807) is 4.90 Å². The molecule has 2 fully saturated rings. The minimum Gasteiger partial charge on any atom is -0.316 e. The van der Waals surface area contributed by atoms with E-state index < -0.39 is 15.7 Å². The molecule has 9 heteroatoms. The highest BCUT2D eigenvalue weighted by Gasteiger charge is 2.49. The first-order valence-electron chi connectivity index (χ1n) is 7.89. The molecule has 0 unspecified atom stereocenters. The fourth-order valence-corrected chi connectivity index (χ4v) is 7.11. The number of rotatable bonds is 3. The van der Waals surface area contributed by atoms with Crippen LogP contribution in [0, 0.1) is 11.7 Å². The van der Waals surface area contributed by atoms with Gasteiger partial charge in [0.25, 0.3) is 0 Å². The minimum absolute atomic E-state index is 0.0168. The number of anilines is 1. The minimum atomic E-state index is -3.15. The third-order valence-electron chi connectivity index (χ3n) is 4.05. The highest BCUT2D eigenvalue weighted by molar-refractivity contribution is 8.16. The highest BCUT2D eigenvalue weighted by Crippen LogP contribution is 2.41.